The number of nitrogens with one attached hydrogen (secondary N) is 4. The highest BCUT2D eigenvalue weighted by Gasteiger charge is 2.42. The minimum atomic E-state index is -0.562. The zero-order chi connectivity index (χ0) is 31.6. The minimum absolute atomic E-state index is 0.0418. The second-order valence-electron chi connectivity index (χ2n) is 11.4. The van der Waals surface area contributed by atoms with Gasteiger partial charge in [-0.2, -0.15) is 11.8 Å². The van der Waals surface area contributed by atoms with Crippen LogP contribution in [0.25, 0.3) is 10.8 Å². The van der Waals surface area contributed by atoms with Crippen molar-refractivity contribution in [2.24, 2.45) is 0 Å². The summed E-state index contributed by atoms with van der Waals surface area (Å²) in [6.45, 7) is 0.877. The van der Waals surface area contributed by atoms with E-state index in [1.807, 2.05) is 42.1 Å². The minimum Gasteiger partial charge on any atom is -0.464 e. The first-order chi connectivity index (χ1) is 21.9. The number of carbonyl (C=O) groups is 3. The van der Waals surface area contributed by atoms with Gasteiger partial charge in [0.05, 0.1) is 24.1 Å². The molecular weight excluding hydrogens is 616 g/mol. The molecule has 3 aromatic rings. The number of anilines is 1. The van der Waals surface area contributed by atoms with Gasteiger partial charge in [0.2, 0.25) is 11.8 Å². The molecule has 0 saturated carbocycles. The van der Waals surface area contributed by atoms with Gasteiger partial charge in [0, 0.05) is 47.9 Å². The fraction of sp³-hybridized carbons (Fsp3) is 0.455. The van der Waals surface area contributed by atoms with Gasteiger partial charge in [-0.3, -0.25) is 9.59 Å². The molecule has 2 saturated heterocycles. The maximum atomic E-state index is 12.6. The quantitative estimate of drug-likeness (QED) is 0.120. The van der Waals surface area contributed by atoms with E-state index in [1.165, 1.54) is 0 Å². The molecule has 2 aromatic carbocycles. The summed E-state index contributed by atoms with van der Waals surface area (Å²) in [5.74, 6) is 0.812. The van der Waals surface area contributed by atoms with Crippen LogP contribution in [0.15, 0.2) is 57.7 Å². The van der Waals surface area contributed by atoms with E-state index >= 15 is 0 Å². The Balaban J connectivity index is 0.963. The number of benzene rings is 2. The Bertz CT molecular complexity index is 1550. The third-order valence-corrected chi connectivity index (χ3v) is 9.94. The van der Waals surface area contributed by atoms with Gasteiger partial charge in [0.15, 0.2) is 0 Å². The molecule has 4 N–H and O–H groups in total. The van der Waals surface area contributed by atoms with Crippen LogP contribution in [0.4, 0.5) is 10.5 Å². The monoisotopic (exact) mass is 654 g/mol. The molecule has 0 bridgehead atoms. The van der Waals surface area contributed by atoms with Crippen molar-refractivity contribution in [3.8, 4) is 5.95 Å². The molecule has 0 radical (unpaired) electrons. The summed E-state index contributed by atoms with van der Waals surface area (Å²) in [4.78, 5) is 48.8. The molecule has 2 fully saturated rings. The summed E-state index contributed by atoms with van der Waals surface area (Å²) in [7, 11) is 0. The molecule has 12 heteroatoms. The van der Waals surface area contributed by atoms with Crippen molar-refractivity contribution in [2.45, 2.75) is 75.1 Å². The molecule has 3 heterocycles. The average molecular weight is 655 g/mol. The molecule has 2 aliphatic heterocycles. The summed E-state index contributed by atoms with van der Waals surface area (Å²) >= 11 is 8.42. The summed E-state index contributed by atoms with van der Waals surface area (Å²) < 4.78 is 11.0. The largest absolute Gasteiger partial charge is 0.464 e. The predicted molar refractivity (Wildman–Crippen MR) is 177 cm³/mol. The number of rotatable bonds is 16. The van der Waals surface area contributed by atoms with Crippen LogP contribution in [0, 0.1) is 0 Å². The smallest absolute Gasteiger partial charge is 0.346 e. The molecule has 240 valence electrons. The zero-order valence-corrected chi connectivity index (χ0v) is 26.6. The Morgan fingerprint density at radius 3 is 2.60 bits per heavy atom. The third-order valence-electron chi connectivity index (χ3n) is 8.07. The first kappa shape index (κ1) is 32.7. The van der Waals surface area contributed by atoms with E-state index in [1.54, 1.807) is 18.2 Å². The van der Waals surface area contributed by atoms with E-state index < -0.39 is 5.63 Å². The lowest BCUT2D eigenvalue weighted by Crippen LogP contribution is -2.36. The van der Waals surface area contributed by atoms with Gasteiger partial charge in [0.1, 0.15) is 5.02 Å². The lowest BCUT2D eigenvalue weighted by atomic mass is 10.0. The van der Waals surface area contributed by atoms with E-state index in [-0.39, 0.29) is 40.9 Å². The number of fused-ring (bicyclic) bond motifs is 2. The highest BCUT2D eigenvalue weighted by molar-refractivity contribution is 8.00. The fourth-order valence-corrected chi connectivity index (χ4v) is 7.47. The van der Waals surface area contributed by atoms with E-state index in [9.17, 15) is 19.2 Å². The summed E-state index contributed by atoms with van der Waals surface area (Å²) in [6, 6.07) is 15.0. The van der Waals surface area contributed by atoms with Crippen LogP contribution < -0.4 is 31.6 Å². The lowest BCUT2D eigenvalue weighted by Gasteiger charge is -2.16. The van der Waals surface area contributed by atoms with Crippen LogP contribution in [-0.4, -0.2) is 54.1 Å². The first-order valence-electron chi connectivity index (χ1n) is 15.6. The Kier molecular flexibility index (Phi) is 11.6. The first-order valence-corrected chi connectivity index (χ1v) is 17.0. The van der Waals surface area contributed by atoms with Crippen molar-refractivity contribution in [3.63, 3.8) is 0 Å². The molecule has 2 aliphatic rings. The maximum absolute atomic E-state index is 12.6. The third kappa shape index (κ3) is 9.17. The number of hydrogen-bond donors (Lipinski definition) is 4. The van der Waals surface area contributed by atoms with Crippen molar-refractivity contribution >= 4 is 57.7 Å². The van der Waals surface area contributed by atoms with Gasteiger partial charge in [-0.1, -0.05) is 54.8 Å². The van der Waals surface area contributed by atoms with Gasteiger partial charge in [-0.15, -0.1) is 0 Å². The molecule has 4 amide bonds. The Hall–Kier alpha value is -3.70. The molecule has 0 spiro atoms. The summed E-state index contributed by atoms with van der Waals surface area (Å²) in [6.07, 6.45) is 6.53. The average Bonchev–Trinajstić information content (AvgIpc) is 3.59. The van der Waals surface area contributed by atoms with Gasteiger partial charge in [-0.05, 0) is 49.4 Å². The van der Waals surface area contributed by atoms with Crippen molar-refractivity contribution in [3.05, 3.63) is 69.5 Å². The van der Waals surface area contributed by atoms with Crippen molar-refractivity contribution in [2.75, 3.05) is 24.2 Å². The van der Waals surface area contributed by atoms with Crippen molar-refractivity contribution < 1.29 is 23.5 Å². The number of carbonyl (C=O) groups excluding carboxylic acids is 3. The normalized spacial score (nSPS) is 18.7. The molecule has 3 atom stereocenters. The molecule has 5 rings (SSSR count). The maximum Gasteiger partial charge on any atom is 0.346 e. The highest BCUT2D eigenvalue weighted by atomic mass is 35.5. The number of unbranched alkanes of at least 4 members (excludes halogenated alkanes) is 3. The molecular formula is C33H39ClN4O6S. The summed E-state index contributed by atoms with van der Waals surface area (Å²) in [5, 5.41) is 13.1. The number of halogens is 1. The molecule has 45 heavy (non-hydrogen) atoms. The lowest BCUT2D eigenvalue weighted by molar-refractivity contribution is -0.121. The van der Waals surface area contributed by atoms with Crippen LogP contribution in [0.3, 0.4) is 0 Å². The van der Waals surface area contributed by atoms with E-state index in [0.717, 1.165) is 43.4 Å². The molecule has 0 unspecified atom stereocenters. The fourth-order valence-electron chi connectivity index (χ4n) is 5.68. The van der Waals surface area contributed by atoms with Crippen LogP contribution >= 0.6 is 23.4 Å². The highest BCUT2D eigenvalue weighted by Crippen LogP contribution is 2.34. The Labute approximate surface area is 271 Å². The molecule has 10 nitrogen and oxygen atoms in total. The van der Waals surface area contributed by atoms with Gasteiger partial charge >= 0.3 is 17.6 Å². The van der Waals surface area contributed by atoms with Crippen LogP contribution in [0.5, 0.6) is 5.95 Å². The van der Waals surface area contributed by atoms with Gasteiger partial charge in [0.25, 0.3) is 0 Å². The van der Waals surface area contributed by atoms with Gasteiger partial charge < -0.3 is 30.4 Å². The standard InChI is InChI=1S/C33H39ClN4O6S/c34-29-24-19-22(14-15-23(24)31(41)44-32(29)43-18-16-21-9-3-1-4-10-21)36-28(40)13-5-2-8-17-35-27(39)12-7-6-11-26-30-25(20-45-26)37-33(42)38-30/h1,3-4,9-10,14-15,19,25-26,30H,2,5-8,11-13,16-18,20H2,(H,35,39)(H,36,40)(H2,37,38,42)/t25-,26-,30-/m1/s1. The number of hydrogen-bond acceptors (Lipinski definition) is 7. The van der Waals surface area contributed by atoms with Crippen molar-refractivity contribution in [1.82, 2.24) is 16.0 Å². The van der Waals surface area contributed by atoms with E-state index in [0.29, 0.717) is 60.5 Å². The zero-order valence-electron chi connectivity index (χ0n) is 25.1. The molecule has 1 aromatic heterocycles. The number of ether oxygens (including phenoxy) is 1. The van der Waals surface area contributed by atoms with Crippen molar-refractivity contribution in [1.29, 1.82) is 0 Å². The number of thioether (sulfide) groups is 1. The number of amides is 4. The predicted octanol–water partition coefficient (Wildman–Crippen LogP) is 5.41. The summed E-state index contributed by atoms with van der Waals surface area (Å²) in [5.41, 5.74) is 1.05. The molecule has 0 aliphatic carbocycles. The topological polar surface area (TPSA) is 139 Å². The number of urea groups is 1. The van der Waals surface area contributed by atoms with E-state index in [2.05, 4.69) is 21.3 Å². The van der Waals surface area contributed by atoms with Crippen LogP contribution in [0.1, 0.15) is 56.9 Å². The second-order valence-corrected chi connectivity index (χ2v) is 13.1. The SMILES string of the molecule is O=C(CCCC[C@H]1SC[C@H]2NC(=O)N[C@H]21)NCCCCCC(=O)Nc1ccc2c(=O)oc(OCCc3ccccc3)c(Cl)c2c1. The Morgan fingerprint density at radius 2 is 1.76 bits per heavy atom. The van der Waals surface area contributed by atoms with Crippen LogP contribution in [0.2, 0.25) is 5.02 Å². The van der Waals surface area contributed by atoms with Crippen LogP contribution in [-0.2, 0) is 16.0 Å². The second kappa shape index (κ2) is 16.0. The van der Waals surface area contributed by atoms with E-state index in [4.69, 9.17) is 20.8 Å². The van der Waals surface area contributed by atoms with Gasteiger partial charge in [-0.25, -0.2) is 9.59 Å². The Morgan fingerprint density at radius 1 is 0.956 bits per heavy atom.